The smallest absolute Gasteiger partial charge is 0.326 e. The van der Waals surface area contributed by atoms with Gasteiger partial charge >= 0.3 is 5.97 Å². The van der Waals surface area contributed by atoms with Crippen LogP contribution in [0.25, 0.3) is 11.0 Å². The molecule has 1 aromatic heterocycles. The van der Waals surface area contributed by atoms with Crippen molar-refractivity contribution in [3.8, 4) is 0 Å². The first-order chi connectivity index (χ1) is 10.5. The highest BCUT2D eigenvalue weighted by molar-refractivity contribution is 6.36. The van der Waals surface area contributed by atoms with Crippen LogP contribution in [-0.2, 0) is 16.1 Å². The van der Waals surface area contributed by atoms with E-state index in [-0.39, 0.29) is 17.8 Å². The van der Waals surface area contributed by atoms with Crippen molar-refractivity contribution in [3.63, 3.8) is 0 Å². The van der Waals surface area contributed by atoms with Gasteiger partial charge in [0.05, 0.1) is 17.1 Å². The number of fused-ring (bicyclic) bond motifs is 1. The Labute approximate surface area is 140 Å². The van der Waals surface area contributed by atoms with Crippen LogP contribution in [0, 0.1) is 0 Å². The number of hydrogen-bond donors (Lipinski definition) is 0. The van der Waals surface area contributed by atoms with E-state index in [9.17, 15) is 4.79 Å². The van der Waals surface area contributed by atoms with Gasteiger partial charge in [0.1, 0.15) is 12.1 Å². The maximum absolute atomic E-state index is 11.8. The predicted molar refractivity (Wildman–Crippen MR) is 89.7 cm³/mol. The Morgan fingerprint density at radius 1 is 1.27 bits per heavy atom. The molecule has 0 spiro atoms. The first-order valence-electron chi connectivity index (χ1n) is 7.53. The molecule has 0 saturated heterocycles. The third kappa shape index (κ3) is 3.23. The van der Waals surface area contributed by atoms with Gasteiger partial charge in [-0.15, -0.1) is 0 Å². The van der Waals surface area contributed by atoms with Crippen molar-refractivity contribution in [2.24, 2.45) is 0 Å². The Bertz CT molecular complexity index is 678. The number of carbonyl (C=O) groups excluding carboxylic acids is 1. The molecule has 0 N–H and O–H groups in total. The quantitative estimate of drug-likeness (QED) is 0.707. The number of benzene rings is 1. The number of hydrogen-bond acceptors (Lipinski definition) is 3. The van der Waals surface area contributed by atoms with Gasteiger partial charge in [0.2, 0.25) is 5.28 Å². The maximum Gasteiger partial charge on any atom is 0.326 e. The number of imidazole rings is 1. The Hall–Kier alpha value is -1.26. The predicted octanol–water partition coefficient (Wildman–Crippen LogP) is 4.81. The van der Waals surface area contributed by atoms with Gasteiger partial charge in [0.15, 0.2) is 0 Å². The van der Waals surface area contributed by atoms with Crippen molar-refractivity contribution in [1.29, 1.82) is 0 Å². The molecule has 1 heterocycles. The molecule has 4 nitrogen and oxygen atoms in total. The van der Waals surface area contributed by atoms with Crippen molar-refractivity contribution in [3.05, 3.63) is 28.0 Å². The largest absolute Gasteiger partial charge is 0.465 e. The minimum Gasteiger partial charge on any atom is -0.465 e. The molecule has 2 rings (SSSR count). The molecular formula is C16H20Cl2N2O2. The van der Waals surface area contributed by atoms with E-state index in [0.29, 0.717) is 23.1 Å². The summed E-state index contributed by atoms with van der Waals surface area (Å²) in [7, 11) is 0. The monoisotopic (exact) mass is 342 g/mol. The van der Waals surface area contributed by atoms with Gasteiger partial charge in [-0.05, 0) is 48.9 Å². The molecule has 0 unspecified atom stereocenters. The number of ether oxygens (including phenoxy) is 1. The average Bonchev–Trinajstić information content (AvgIpc) is 2.81. The summed E-state index contributed by atoms with van der Waals surface area (Å²) in [6.45, 7) is 6.43. The summed E-state index contributed by atoms with van der Waals surface area (Å²) in [5.74, 6) is 0.0349. The minimum absolute atomic E-state index is 0.0384. The van der Waals surface area contributed by atoms with Gasteiger partial charge in [-0.3, -0.25) is 4.79 Å². The zero-order valence-corrected chi connectivity index (χ0v) is 14.5. The molecule has 0 bridgehead atoms. The molecule has 0 aliphatic carbocycles. The topological polar surface area (TPSA) is 44.1 Å². The first-order valence-corrected chi connectivity index (χ1v) is 8.28. The van der Waals surface area contributed by atoms with Gasteiger partial charge in [-0.2, -0.15) is 0 Å². The molecule has 0 aliphatic rings. The molecule has 0 amide bonds. The number of rotatable bonds is 6. The van der Waals surface area contributed by atoms with Gasteiger partial charge < -0.3 is 9.30 Å². The van der Waals surface area contributed by atoms with Crippen LogP contribution in [-0.4, -0.2) is 22.1 Å². The number of aromatic nitrogens is 2. The maximum atomic E-state index is 11.8. The molecule has 0 aliphatic heterocycles. The van der Waals surface area contributed by atoms with Crippen molar-refractivity contribution >= 4 is 40.2 Å². The van der Waals surface area contributed by atoms with Crippen LogP contribution in [0.3, 0.4) is 0 Å². The Morgan fingerprint density at radius 2 is 1.95 bits per heavy atom. The highest BCUT2D eigenvalue weighted by atomic mass is 35.5. The second-order valence-corrected chi connectivity index (χ2v) is 5.86. The number of halogens is 2. The lowest BCUT2D eigenvalue weighted by Crippen LogP contribution is -2.14. The summed E-state index contributed by atoms with van der Waals surface area (Å²) in [6.07, 6.45) is 1.99. The zero-order chi connectivity index (χ0) is 16.3. The van der Waals surface area contributed by atoms with Crippen molar-refractivity contribution in [2.75, 3.05) is 6.61 Å². The van der Waals surface area contributed by atoms with Crippen LogP contribution in [0.5, 0.6) is 0 Å². The molecular weight excluding hydrogens is 323 g/mol. The number of nitrogens with zero attached hydrogens (tertiary/aromatic N) is 2. The summed E-state index contributed by atoms with van der Waals surface area (Å²) in [4.78, 5) is 16.2. The fourth-order valence-corrected chi connectivity index (χ4v) is 3.17. The van der Waals surface area contributed by atoms with Gasteiger partial charge in [-0.1, -0.05) is 31.5 Å². The van der Waals surface area contributed by atoms with E-state index < -0.39 is 0 Å². The highest BCUT2D eigenvalue weighted by Crippen LogP contribution is 2.35. The van der Waals surface area contributed by atoms with Crippen LogP contribution in [0.15, 0.2) is 12.1 Å². The number of carbonyl (C=O) groups is 1. The third-order valence-corrected chi connectivity index (χ3v) is 4.44. The van der Waals surface area contributed by atoms with Crippen LogP contribution >= 0.6 is 23.2 Å². The fourth-order valence-electron chi connectivity index (χ4n) is 2.74. The number of esters is 1. The SMILES string of the molecule is CCOC(=O)Cn1c(Cl)nc2c(Cl)ccc(C(CC)CC)c21. The highest BCUT2D eigenvalue weighted by Gasteiger charge is 2.21. The summed E-state index contributed by atoms with van der Waals surface area (Å²) in [6, 6.07) is 3.84. The van der Waals surface area contributed by atoms with E-state index in [0.717, 1.165) is 23.9 Å². The van der Waals surface area contributed by atoms with Crippen LogP contribution in [0.2, 0.25) is 10.3 Å². The molecule has 120 valence electrons. The van der Waals surface area contributed by atoms with E-state index in [4.69, 9.17) is 27.9 Å². The second kappa shape index (κ2) is 7.34. The lowest BCUT2D eigenvalue weighted by atomic mass is 9.93. The average molecular weight is 343 g/mol. The van der Waals surface area contributed by atoms with Crippen LogP contribution < -0.4 is 0 Å². The summed E-state index contributed by atoms with van der Waals surface area (Å²) in [5.41, 5.74) is 2.59. The van der Waals surface area contributed by atoms with E-state index >= 15 is 0 Å². The molecule has 22 heavy (non-hydrogen) atoms. The van der Waals surface area contributed by atoms with Crippen molar-refractivity contribution in [2.45, 2.75) is 46.1 Å². The van der Waals surface area contributed by atoms with Gasteiger partial charge in [0.25, 0.3) is 0 Å². The van der Waals surface area contributed by atoms with Gasteiger partial charge in [-0.25, -0.2) is 4.98 Å². The minimum atomic E-state index is -0.334. The Morgan fingerprint density at radius 3 is 2.55 bits per heavy atom. The fraction of sp³-hybridized carbons (Fsp3) is 0.500. The molecule has 0 atom stereocenters. The molecule has 2 aromatic rings. The molecule has 0 fully saturated rings. The lowest BCUT2D eigenvalue weighted by molar-refractivity contribution is -0.143. The standard InChI is InChI=1S/C16H20Cl2N2O2/c1-4-10(5-2)11-7-8-12(17)14-15(11)20(16(18)19-14)9-13(21)22-6-3/h7-8,10H,4-6,9H2,1-3H3. The van der Waals surface area contributed by atoms with E-state index in [1.54, 1.807) is 11.5 Å². The Balaban J connectivity index is 2.62. The first kappa shape index (κ1) is 17.1. The van der Waals surface area contributed by atoms with Crippen molar-refractivity contribution < 1.29 is 9.53 Å². The summed E-state index contributed by atoms with van der Waals surface area (Å²) in [5, 5.41) is 0.789. The van der Waals surface area contributed by atoms with Gasteiger partial charge in [0, 0.05) is 0 Å². The summed E-state index contributed by atoms with van der Waals surface area (Å²) >= 11 is 12.5. The van der Waals surface area contributed by atoms with E-state index in [2.05, 4.69) is 18.8 Å². The van der Waals surface area contributed by atoms with E-state index in [1.807, 2.05) is 12.1 Å². The normalized spacial score (nSPS) is 11.4. The molecule has 1 aromatic carbocycles. The third-order valence-electron chi connectivity index (χ3n) is 3.85. The van der Waals surface area contributed by atoms with Crippen molar-refractivity contribution in [1.82, 2.24) is 9.55 Å². The summed E-state index contributed by atoms with van der Waals surface area (Å²) < 4.78 is 6.71. The lowest BCUT2D eigenvalue weighted by Gasteiger charge is -2.16. The Kier molecular flexibility index (Phi) is 5.70. The van der Waals surface area contributed by atoms with Crippen LogP contribution in [0.1, 0.15) is 45.1 Å². The van der Waals surface area contributed by atoms with Crippen LogP contribution in [0.4, 0.5) is 0 Å². The van der Waals surface area contributed by atoms with E-state index in [1.165, 1.54) is 0 Å². The molecule has 6 heteroatoms. The molecule has 0 saturated carbocycles. The second-order valence-electron chi connectivity index (χ2n) is 5.12. The molecule has 0 radical (unpaired) electrons. The zero-order valence-electron chi connectivity index (χ0n) is 13.0.